The van der Waals surface area contributed by atoms with E-state index in [1.807, 2.05) is 25.2 Å². The van der Waals surface area contributed by atoms with Crippen LogP contribution in [0.2, 0.25) is 0 Å². The average Bonchev–Trinajstić information content (AvgIpc) is 2.46. The summed E-state index contributed by atoms with van der Waals surface area (Å²) in [4.78, 5) is 2.09. The summed E-state index contributed by atoms with van der Waals surface area (Å²) in [6.07, 6.45) is 1.05. The van der Waals surface area contributed by atoms with E-state index in [9.17, 15) is 5.11 Å². The van der Waals surface area contributed by atoms with Gasteiger partial charge >= 0.3 is 0 Å². The maximum absolute atomic E-state index is 9.47. The molecular weight excluding hydrogens is 302 g/mol. The van der Waals surface area contributed by atoms with Gasteiger partial charge < -0.3 is 10.0 Å². The zero-order chi connectivity index (χ0) is 13.8. The van der Waals surface area contributed by atoms with E-state index in [1.165, 1.54) is 5.56 Å². The summed E-state index contributed by atoms with van der Waals surface area (Å²) < 4.78 is 0.982. The van der Waals surface area contributed by atoms with Crippen molar-refractivity contribution >= 4 is 27.3 Å². The lowest BCUT2D eigenvalue weighted by atomic mass is 10.1. The smallest absolute Gasteiger partial charge is 0.0702 e. The molecule has 1 N–H and O–H groups in total. The van der Waals surface area contributed by atoms with Crippen molar-refractivity contribution in [3.63, 3.8) is 0 Å². The minimum atomic E-state index is 0.0339. The minimum Gasteiger partial charge on any atom is -0.392 e. The topological polar surface area (TPSA) is 23.5 Å². The lowest BCUT2D eigenvalue weighted by Gasteiger charge is -2.22. The highest BCUT2D eigenvalue weighted by Crippen LogP contribution is 2.29. The molecule has 2 rings (SSSR count). The second kappa shape index (κ2) is 6.22. The molecule has 0 bridgehead atoms. The second-order valence-corrected chi connectivity index (χ2v) is 5.43. The summed E-state index contributed by atoms with van der Waals surface area (Å²) in [7, 11) is 2.02. The summed E-state index contributed by atoms with van der Waals surface area (Å²) in [6.45, 7) is 2.18. The van der Waals surface area contributed by atoms with Gasteiger partial charge in [-0.05, 0) is 42.3 Å². The van der Waals surface area contributed by atoms with E-state index in [0.717, 1.165) is 27.8 Å². The van der Waals surface area contributed by atoms with E-state index in [1.54, 1.807) is 0 Å². The van der Waals surface area contributed by atoms with Gasteiger partial charge in [-0.3, -0.25) is 0 Å². The van der Waals surface area contributed by atoms with Crippen molar-refractivity contribution < 1.29 is 5.11 Å². The molecule has 0 spiro atoms. The van der Waals surface area contributed by atoms with Crippen LogP contribution in [0.15, 0.2) is 46.9 Å². The molecule has 0 fully saturated rings. The van der Waals surface area contributed by atoms with E-state index in [-0.39, 0.29) is 6.61 Å². The van der Waals surface area contributed by atoms with Crippen molar-refractivity contribution in [2.24, 2.45) is 0 Å². The van der Waals surface area contributed by atoms with Crippen LogP contribution < -0.4 is 4.90 Å². The van der Waals surface area contributed by atoms with Crippen LogP contribution in [-0.2, 0) is 13.0 Å². The fourth-order valence-corrected chi connectivity index (χ4v) is 2.51. The molecule has 0 saturated carbocycles. The molecule has 0 atom stereocenters. The Morgan fingerprint density at radius 3 is 2.37 bits per heavy atom. The number of hydrogen-bond acceptors (Lipinski definition) is 2. The molecule has 0 heterocycles. The van der Waals surface area contributed by atoms with E-state index >= 15 is 0 Å². The monoisotopic (exact) mass is 319 g/mol. The van der Waals surface area contributed by atoms with Gasteiger partial charge in [-0.15, -0.1) is 0 Å². The first-order chi connectivity index (χ1) is 9.15. The zero-order valence-electron chi connectivity index (χ0n) is 11.2. The molecule has 0 unspecified atom stereocenters. The number of aliphatic hydroxyl groups excluding tert-OH is 1. The SMILES string of the molecule is CCc1ccc(N(C)c2ccc(Br)cc2CO)cc1. The third-order valence-corrected chi connectivity index (χ3v) is 3.80. The summed E-state index contributed by atoms with van der Waals surface area (Å²) in [6, 6.07) is 14.5. The van der Waals surface area contributed by atoms with Crippen molar-refractivity contribution in [3.8, 4) is 0 Å². The molecule has 0 aliphatic rings. The lowest BCUT2D eigenvalue weighted by molar-refractivity contribution is 0.282. The average molecular weight is 320 g/mol. The quantitative estimate of drug-likeness (QED) is 0.909. The zero-order valence-corrected chi connectivity index (χ0v) is 12.8. The largest absolute Gasteiger partial charge is 0.392 e. The number of nitrogens with zero attached hydrogens (tertiary/aromatic N) is 1. The Kier molecular flexibility index (Phi) is 4.61. The van der Waals surface area contributed by atoms with Gasteiger partial charge in [0.25, 0.3) is 0 Å². The molecule has 19 heavy (non-hydrogen) atoms. The molecule has 2 aromatic rings. The predicted octanol–water partition coefficient (Wildman–Crippen LogP) is 4.27. The van der Waals surface area contributed by atoms with E-state index in [0.29, 0.717) is 0 Å². The van der Waals surface area contributed by atoms with Crippen LogP contribution in [0.25, 0.3) is 0 Å². The predicted molar refractivity (Wildman–Crippen MR) is 83.9 cm³/mol. The number of aliphatic hydroxyl groups is 1. The summed E-state index contributed by atoms with van der Waals surface area (Å²) in [5, 5.41) is 9.47. The Morgan fingerprint density at radius 2 is 1.79 bits per heavy atom. The first-order valence-corrected chi connectivity index (χ1v) is 7.17. The van der Waals surface area contributed by atoms with Crippen molar-refractivity contribution in [2.45, 2.75) is 20.0 Å². The molecule has 0 saturated heterocycles. The molecule has 0 radical (unpaired) electrons. The van der Waals surface area contributed by atoms with Gasteiger partial charge in [0.05, 0.1) is 6.61 Å². The van der Waals surface area contributed by atoms with Gasteiger partial charge in [0, 0.05) is 28.5 Å². The normalized spacial score (nSPS) is 10.5. The van der Waals surface area contributed by atoms with Crippen molar-refractivity contribution in [3.05, 3.63) is 58.1 Å². The summed E-state index contributed by atoms with van der Waals surface area (Å²) >= 11 is 3.43. The van der Waals surface area contributed by atoms with Crippen LogP contribution in [-0.4, -0.2) is 12.2 Å². The summed E-state index contributed by atoms with van der Waals surface area (Å²) in [5.74, 6) is 0. The van der Waals surface area contributed by atoms with Crippen LogP contribution >= 0.6 is 15.9 Å². The molecule has 0 aliphatic heterocycles. The molecule has 0 aliphatic carbocycles. The van der Waals surface area contributed by atoms with Gasteiger partial charge in [0.15, 0.2) is 0 Å². The maximum Gasteiger partial charge on any atom is 0.0702 e. The van der Waals surface area contributed by atoms with Crippen LogP contribution in [0.5, 0.6) is 0 Å². The Labute approximate surface area is 122 Å². The highest BCUT2D eigenvalue weighted by Gasteiger charge is 2.09. The number of rotatable bonds is 4. The molecule has 100 valence electrons. The van der Waals surface area contributed by atoms with E-state index in [2.05, 4.69) is 52.0 Å². The Bertz CT molecular complexity index is 551. The van der Waals surface area contributed by atoms with Gasteiger partial charge in [0.1, 0.15) is 0 Å². The molecule has 2 aromatic carbocycles. The highest BCUT2D eigenvalue weighted by molar-refractivity contribution is 9.10. The third-order valence-electron chi connectivity index (χ3n) is 3.31. The fraction of sp³-hybridized carbons (Fsp3) is 0.250. The van der Waals surface area contributed by atoms with Crippen LogP contribution in [0.3, 0.4) is 0 Å². The Hall–Kier alpha value is -1.32. The fourth-order valence-electron chi connectivity index (χ4n) is 2.10. The second-order valence-electron chi connectivity index (χ2n) is 4.51. The first kappa shape index (κ1) is 14.1. The molecule has 0 amide bonds. The lowest BCUT2D eigenvalue weighted by Crippen LogP contribution is -2.11. The number of anilines is 2. The number of benzene rings is 2. The Balaban J connectivity index is 2.34. The highest BCUT2D eigenvalue weighted by atomic mass is 79.9. The third kappa shape index (κ3) is 3.17. The molecular formula is C16H18BrNO. The standard InChI is InChI=1S/C16H18BrNO/c1-3-12-4-7-15(8-5-12)18(2)16-9-6-14(17)10-13(16)11-19/h4-10,19H,3,11H2,1-2H3. The van der Waals surface area contributed by atoms with Crippen LogP contribution in [0, 0.1) is 0 Å². The van der Waals surface area contributed by atoms with E-state index < -0.39 is 0 Å². The maximum atomic E-state index is 9.47. The molecule has 0 aromatic heterocycles. The molecule has 2 nitrogen and oxygen atoms in total. The van der Waals surface area contributed by atoms with Gasteiger partial charge in [-0.25, -0.2) is 0 Å². The number of aryl methyl sites for hydroxylation is 1. The summed E-state index contributed by atoms with van der Waals surface area (Å²) in [5.41, 5.74) is 4.39. The van der Waals surface area contributed by atoms with Gasteiger partial charge in [-0.1, -0.05) is 35.0 Å². The number of hydrogen-bond donors (Lipinski definition) is 1. The van der Waals surface area contributed by atoms with Gasteiger partial charge in [0.2, 0.25) is 0 Å². The number of halogens is 1. The molecule has 3 heteroatoms. The minimum absolute atomic E-state index is 0.0339. The van der Waals surface area contributed by atoms with Crippen LogP contribution in [0.4, 0.5) is 11.4 Å². The van der Waals surface area contributed by atoms with Crippen LogP contribution in [0.1, 0.15) is 18.1 Å². The van der Waals surface area contributed by atoms with Gasteiger partial charge in [-0.2, -0.15) is 0 Å². The van der Waals surface area contributed by atoms with Crippen molar-refractivity contribution in [1.29, 1.82) is 0 Å². The van der Waals surface area contributed by atoms with Crippen molar-refractivity contribution in [2.75, 3.05) is 11.9 Å². The Morgan fingerprint density at radius 1 is 1.11 bits per heavy atom. The van der Waals surface area contributed by atoms with Crippen molar-refractivity contribution in [1.82, 2.24) is 0 Å². The van der Waals surface area contributed by atoms with E-state index in [4.69, 9.17) is 0 Å². The first-order valence-electron chi connectivity index (χ1n) is 6.37.